The van der Waals surface area contributed by atoms with E-state index in [1.165, 1.54) is 12.1 Å². The molecule has 4 rings (SSSR count). The van der Waals surface area contributed by atoms with E-state index in [0.717, 1.165) is 43.6 Å². The van der Waals surface area contributed by atoms with E-state index in [0.29, 0.717) is 12.4 Å². The van der Waals surface area contributed by atoms with Gasteiger partial charge in [-0.3, -0.25) is 4.79 Å². The van der Waals surface area contributed by atoms with E-state index in [9.17, 15) is 9.18 Å². The Hall–Kier alpha value is -2.11. The Labute approximate surface area is 164 Å². The fraction of sp³-hybridized carbons (Fsp3) is 0.381. The van der Waals surface area contributed by atoms with Crippen molar-refractivity contribution in [1.82, 2.24) is 5.32 Å². The van der Waals surface area contributed by atoms with Crippen LogP contribution < -0.4 is 15.4 Å². The van der Waals surface area contributed by atoms with Gasteiger partial charge in [0.05, 0.1) is 0 Å². The molecule has 1 amide bonds. The van der Waals surface area contributed by atoms with Gasteiger partial charge in [-0.15, -0.1) is 12.4 Å². The first-order chi connectivity index (χ1) is 12.6. The number of rotatable bonds is 5. The molecule has 1 saturated heterocycles. The molecule has 2 aliphatic rings. The summed E-state index contributed by atoms with van der Waals surface area (Å²) in [6.45, 7) is 2.38. The molecule has 6 heteroatoms. The highest BCUT2D eigenvalue weighted by molar-refractivity contribution is 5.95. The zero-order valence-electron chi connectivity index (χ0n) is 15.0. The summed E-state index contributed by atoms with van der Waals surface area (Å²) in [7, 11) is 0. The van der Waals surface area contributed by atoms with Gasteiger partial charge in [-0.05, 0) is 67.6 Å². The first-order valence-corrected chi connectivity index (χ1v) is 9.14. The van der Waals surface area contributed by atoms with E-state index in [2.05, 4.69) is 10.6 Å². The third-order valence-electron chi connectivity index (χ3n) is 5.53. The van der Waals surface area contributed by atoms with E-state index in [-0.39, 0.29) is 35.5 Å². The number of benzene rings is 2. The molecule has 0 aromatic heterocycles. The van der Waals surface area contributed by atoms with Gasteiger partial charge in [0.15, 0.2) is 0 Å². The van der Waals surface area contributed by atoms with Crippen LogP contribution in [0.2, 0.25) is 0 Å². The first-order valence-electron chi connectivity index (χ1n) is 9.14. The van der Waals surface area contributed by atoms with Crippen LogP contribution in [0.5, 0.6) is 5.75 Å². The maximum atomic E-state index is 12.9. The number of carbonyl (C=O) groups is 1. The predicted molar refractivity (Wildman–Crippen MR) is 106 cm³/mol. The molecule has 1 heterocycles. The largest absolute Gasteiger partial charge is 0.489 e. The number of hydrogen-bond acceptors (Lipinski definition) is 3. The van der Waals surface area contributed by atoms with Crippen LogP contribution in [0.1, 0.15) is 24.8 Å². The Kier molecular flexibility index (Phi) is 6.02. The summed E-state index contributed by atoms with van der Waals surface area (Å²) in [5, 5.41) is 6.39. The van der Waals surface area contributed by atoms with Gasteiger partial charge in [-0.1, -0.05) is 18.2 Å². The molecule has 0 bridgehead atoms. The zero-order chi connectivity index (χ0) is 18.0. The van der Waals surface area contributed by atoms with Gasteiger partial charge in [0, 0.05) is 17.7 Å². The van der Waals surface area contributed by atoms with Crippen molar-refractivity contribution in [3.8, 4) is 5.75 Å². The minimum atomic E-state index is -0.259. The van der Waals surface area contributed by atoms with E-state index in [4.69, 9.17) is 4.74 Å². The van der Waals surface area contributed by atoms with Gasteiger partial charge in [0.2, 0.25) is 5.91 Å². The molecular weight excluding hydrogens is 367 g/mol. The number of piperidine rings is 1. The number of halogens is 2. The van der Waals surface area contributed by atoms with Gasteiger partial charge in [0.1, 0.15) is 18.2 Å². The number of amides is 1. The van der Waals surface area contributed by atoms with Gasteiger partial charge < -0.3 is 15.4 Å². The fourth-order valence-corrected chi connectivity index (χ4v) is 3.84. The number of ether oxygens (including phenoxy) is 1. The van der Waals surface area contributed by atoms with Crippen LogP contribution in [-0.2, 0) is 11.4 Å². The molecule has 1 atom stereocenters. The lowest BCUT2D eigenvalue weighted by Crippen LogP contribution is -2.31. The molecule has 2 aromatic carbocycles. The molecule has 144 valence electrons. The van der Waals surface area contributed by atoms with Gasteiger partial charge in [0.25, 0.3) is 0 Å². The standard InChI is InChI=1S/C21H23FN2O2.ClH/c22-16-6-4-15(5-7-16)14-26-18-3-1-2-17(12-18)24-20(25)19-13-21(19)8-10-23-11-9-21;/h1-7,12,19,23H,8-11,13-14H2,(H,24,25);1H. The highest BCUT2D eigenvalue weighted by Crippen LogP contribution is 2.58. The van der Waals surface area contributed by atoms with Crippen LogP contribution in [-0.4, -0.2) is 19.0 Å². The van der Waals surface area contributed by atoms with Crippen LogP contribution >= 0.6 is 12.4 Å². The summed E-state index contributed by atoms with van der Waals surface area (Å²) < 4.78 is 18.7. The highest BCUT2D eigenvalue weighted by Gasteiger charge is 2.57. The Morgan fingerprint density at radius 1 is 1.19 bits per heavy atom. The second-order valence-electron chi connectivity index (χ2n) is 7.30. The molecule has 2 aromatic rings. The van der Waals surface area contributed by atoms with Crippen LogP contribution in [0.4, 0.5) is 10.1 Å². The SMILES string of the molecule is Cl.O=C(Nc1cccc(OCc2ccc(F)cc2)c1)C1CC12CCNCC2. The normalized spacial score (nSPS) is 19.8. The molecule has 0 radical (unpaired) electrons. The van der Waals surface area contributed by atoms with Crippen molar-refractivity contribution >= 4 is 24.0 Å². The lowest BCUT2D eigenvalue weighted by atomic mass is 9.92. The summed E-state index contributed by atoms with van der Waals surface area (Å²) in [6, 6.07) is 13.7. The average molecular weight is 391 g/mol. The zero-order valence-corrected chi connectivity index (χ0v) is 15.9. The molecule has 1 spiro atoms. The molecule has 27 heavy (non-hydrogen) atoms. The van der Waals surface area contributed by atoms with Crippen molar-refractivity contribution in [2.75, 3.05) is 18.4 Å². The van der Waals surface area contributed by atoms with Crippen LogP contribution in [0.15, 0.2) is 48.5 Å². The molecular formula is C21H24ClFN2O2. The third kappa shape index (κ3) is 4.60. The summed E-state index contributed by atoms with van der Waals surface area (Å²) in [4.78, 5) is 12.6. The van der Waals surface area contributed by atoms with Crippen LogP contribution in [0, 0.1) is 17.2 Å². The number of carbonyl (C=O) groups excluding carboxylic acids is 1. The number of hydrogen-bond donors (Lipinski definition) is 2. The maximum absolute atomic E-state index is 12.9. The van der Waals surface area contributed by atoms with Gasteiger partial charge in [-0.25, -0.2) is 4.39 Å². The summed E-state index contributed by atoms with van der Waals surface area (Å²) in [5.41, 5.74) is 1.88. The summed E-state index contributed by atoms with van der Waals surface area (Å²) >= 11 is 0. The number of anilines is 1. The summed E-state index contributed by atoms with van der Waals surface area (Å²) in [5.74, 6) is 0.667. The highest BCUT2D eigenvalue weighted by atomic mass is 35.5. The minimum absolute atomic E-state index is 0. The third-order valence-corrected chi connectivity index (χ3v) is 5.53. The van der Waals surface area contributed by atoms with Crippen molar-refractivity contribution in [2.45, 2.75) is 25.9 Å². The maximum Gasteiger partial charge on any atom is 0.228 e. The van der Waals surface area contributed by atoms with E-state index >= 15 is 0 Å². The van der Waals surface area contributed by atoms with Crippen molar-refractivity contribution < 1.29 is 13.9 Å². The summed E-state index contributed by atoms with van der Waals surface area (Å²) in [6.07, 6.45) is 3.18. The van der Waals surface area contributed by atoms with E-state index in [1.54, 1.807) is 12.1 Å². The monoisotopic (exact) mass is 390 g/mol. The Morgan fingerprint density at radius 2 is 1.93 bits per heavy atom. The first kappa shape index (κ1) is 19.6. The molecule has 4 nitrogen and oxygen atoms in total. The Morgan fingerprint density at radius 3 is 2.67 bits per heavy atom. The second-order valence-corrected chi connectivity index (χ2v) is 7.30. The van der Waals surface area contributed by atoms with Crippen molar-refractivity contribution in [3.63, 3.8) is 0 Å². The van der Waals surface area contributed by atoms with Crippen LogP contribution in [0.25, 0.3) is 0 Å². The molecule has 1 saturated carbocycles. The van der Waals surface area contributed by atoms with Crippen molar-refractivity contribution in [2.24, 2.45) is 11.3 Å². The number of nitrogens with one attached hydrogen (secondary N) is 2. The fourth-order valence-electron chi connectivity index (χ4n) is 3.84. The topological polar surface area (TPSA) is 50.4 Å². The Balaban J connectivity index is 0.00000210. The van der Waals surface area contributed by atoms with Crippen molar-refractivity contribution in [1.29, 1.82) is 0 Å². The smallest absolute Gasteiger partial charge is 0.228 e. The van der Waals surface area contributed by atoms with Crippen molar-refractivity contribution in [3.05, 3.63) is 59.9 Å². The quantitative estimate of drug-likeness (QED) is 0.806. The van der Waals surface area contributed by atoms with E-state index < -0.39 is 0 Å². The molecule has 1 aliphatic heterocycles. The molecule has 1 unspecified atom stereocenters. The predicted octanol–water partition coefficient (Wildman–Crippen LogP) is 4.15. The van der Waals surface area contributed by atoms with Gasteiger partial charge >= 0.3 is 0 Å². The lowest BCUT2D eigenvalue weighted by molar-refractivity contribution is -0.118. The van der Waals surface area contributed by atoms with Crippen LogP contribution in [0.3, 0.4) is 0 Å². The molecule has 2 fully saturated rings. The lowest BCUT2D eigenvalue weighted by Gasteiger charge is -2.23. The second kappa shape index (κ2) is 8.28. The minimum Gasteiger partial charge on any atom is -0.489 e. The average Bonchev–Trinajstić information content (AvgIpc) is 3.35. The molecule has 1 aliphatic carbocycles. The molecule has 2 N–H and O–H groups in total. The van der Waals surface area contributed by atoms with E-state index in [1.807, 2.05) is 24.3 Å². The Bertz CT molecular complexity index is 791. The van der Waals surface area contributed by atoms with Gasteiger partial charge in [-0.2, -0.15) is 0 Å².